The maximum atomic E-state index is 10.6. The molecule has 3 heteroatoms. The Hall–Kier alpha value is -1.22. The Morgan fingerprint density at radius 2 is 2.15 bits per heavy atom. The zero-order valence-corrected chi connectivity index (χ0v) is 7.87. The van der Waals surface area contributed by atoms with Crippen molar-refractivity contribution in [2.45, 2.75) is 0 Å². The van der Waals surface area contributed by atoms with Crippen LogP contribution in [0.25, 0.3) is 6.08 Å². The van der Waals surface area contributed by atoms with Gasteiger partial charge in [-0.25, -0.2) is 0 Å². The maximum absolute atomic E-state index is 10.6. The lowest BCUT2D eigenvalue weighted by atomic mass is 10.1. The van der Waals surface area contributed by atoms with Crippen molar-refractivity contribution in [3.05, 3.63) is 35.4 Å². The number of phenols is 1. The second kappa shape index (κ2) is 4.72. The number of rotatable bonds is 3. The normalized spacial score (nSPS) is 10.5. The highest BCUT2D eigenvalue weighted by atomic mass is 32.1. The molecule has 68 valence electrons. The van der Waals surface area contributed by atoms with Gasteiger partial charge in [0, 0.05) is 11.3 Å². The third-order valence-electron chi connectivity index (χ3n) is 1.60. The summed E-state index contributed by atoms with van der Waals surface area (Å²) in [5, 5.41) is 9.10. The van der Waals surface area contributed by atoms with Gasteiger partial charge in [-0.05, 0) is 17.7 Å². The monoisotopic (exact) mass is 194 g/mol. The smallest absolute Gasteiger partial charge is 0.150 e. The Morgan fingerprint density at radius 3 is 2.77 bits per heavy atom. The average molecular weight is 194 g/mol. The summed E-state index contributed by atoms with van der Waals surface area (Å²) < 4.78 is 0. The summed E-state index contributed by atoms with van der Waals surface area (Å²) in [6, 6.07) is 4.68. The number of carbonyl (C=O) groups excluding carboxylic acids is 1. The fraction of sp³-hybridized carbons (Fsp3) is 0.100. The van der Waals surface area contributed by atoms with Gasteiger partial charge in [-0.3, -0.25) is 4.79 Å². The van der Waals surface area contributed by atoms with Crippen molar-refractivity contribution in [1.29, 1.82) is 0 Å². The SMILES string of the molecule is O=Cc1cc(O)ccc1C=CCS. The number of carbonyl (C=O) groups is 1. The summed E-state index contributed by atoms with van der Waals surface area (Å²) >= 11 is 4.01. The molecule has 0 radical (unpaired) electrons. The lowest BCUT2D eigenvalue weighted by Gasteiger charge is -1.98. The molecule has 0 aromatic heterocycles. The van der Waals surface area contributed by atoms with Gasteiger partial charge in [0.2, 0.25) is 0 Å². The molecule has 0 aliphatic heterocycles. The first-order chi connectivity index (χ1) is 6.27. The van der Waals surface area contributed by atoms with Crippen molar-refractivity contribution in [3.63, 3.8) is 0 Å². The molecule has 0 atom stereocenters. The molecule has 0 aliphatic rings. The molecule has 0 saturated heterocycles. The first kappa shape index (κ1) is 9.86. The van der Waals surface area contributed by atoms with E-state index in [0.717, 1.165) is 11.8 Å². The molecule has 0 fully saturated rings. The summed E-state index contributed by atoms with van der Waals surface area (Å²) in [4.78, 5) is 10.6. The highest BCUT2D eigenvalue weighted by molar-refractivity contribution is 7.80. The summed E-state index contributed by atoms with van der Waals surface area (Å²) in [7, 11) is 0. The van der Waals surface area contributed by atoms with Crippen molar-refractivity contribution in [3.8, 4) is 5.75 Å². The van der Waals surface area contributed by atoms with E-state index in [4.69, 9.17) is 5.11 Å². The third kappa shape index (κ3) is 2.63. The fourth-order valence-corrected chi connectivity index (χ4v) is 1.10. The number of aldehydes is 1. The largest absolute Gasteiger partial charge is 0.508 e. The van der Waals surface area contributed by atoms with Crippen LogP contribution < -0.4 is 0 Å². The van der Waals surface area contributed by atoms with Crippen molar-refractivity contribution < 1.29 is 9.90 Å². The molecule has 2 nitrogen and oxygen atoms in total. The van der Waals surface area contributed by atoms with E-state index in [1.165, 1.54) is 6.07 Å². The van der Waals surface area contributed by atoms with E-state index in [1.54, 1.807) is 18.2 Å². The quantitative estimate of drug-likeness (QED) is 0.571. The van der Waals surface area contributed by atoms with Crippen LogP contribution in [0.5, 0.6) is 5.75 Å². The van der Waals surface area contributed by atoms with Crippen LogP contribution in [0.1, 0.15) is 15.9 Å². The van der Waals surface area contributed by atoms with Crippen LogP contribution in [0.4, 0.5) is 0 Å². The van der Waals surface area contributed by atoms with Gasteiger partial charge in [-0.2, -0.15) is 12.6 Å². The van der Waals surface area contributed by atoms with E-state index in [2.05, 4.69) is 12.6 Å². The van der Waals surface area contributed by atoms with Gasteiger partial charge in [0.05, 0.1) is 0 Å². The molecule has 0 heterocycles. The Bertz CT molecular complexity index is 332. The molecule has 1 N–H and O–H groups in total. The van der Waals surface area contributed by atoms with Crippen molar-refractivity contribution in [2.75, 3.05) is 5.75 Å². The molecule has 0 aliphatic carbocycles. The predicted molar refractivity (Wildman–Crippen MR) is 56.4 cm³/mol. The van der Waals surface area contributed by atoms with Crippen LogP contribution in [0.15, 0.2) is 24.3 Å². The van der Waals surface area contributed by atoms with Gasteiger partial charge in [-0.15, -0.1) is 0 Å². The number of benzene rings is 1. The topological polar surface area (TPSA) is 37.3 Å². The minimum absolute atomic E-state index is 0.102. The molecular weight excluding hydrogens is 184 g/mol. The molecule has 0 saturated carbocycles. The Kier molecular flexibility index (Phi) is 3.58. The number of hydrogen-bond donors (Lipinski definition) is 2. The minimum Gasteiger partial charge on any atom is -0.508 e. The Balaban J connectivity index is 3.06. The summed E-state index contributed by atoms with van der Waals surface area (Å²) in [6.07, 6.45) is 4.36. The van der Waals surface area contributed by atoms with Gasteiger partial charge in [0.15, 0.2) is 6.29 Å². The number of aromatic hydroxyl groups is 1. The van der Waals surface area contributed by atoms with Crippen LogP contribution in [0.2, 0.25) is 0 Å². The number of hydrogen-bond acceptors (Lipinski definition) is 3. The maximum Gasteiger partial charge on any atom is 0.150 e. The molecule has 0 amide bonds. The van der Waals surface area contributed by atoms with E-state index < -0.39 is 0 Å². The van der Waals surface area contributed by atoms with Crippen LogP contribution in [0, 0.1) is 0 Å². The molecule has 1 aromatic carbocycles. The summed E-state index contributed by atoms with van der Waals surface area (Å²) in [5.74, 6) is 0.726. The predicted octanol–water partition coefficient (Wildman–Crippen LogP) is 2.15. The van der Waals surface area contributed by atoms with Crippen molar-refractivity contribution >= 4 is 25.0 Å². The summed E-state index contributed by atoms with van der Waals surface area (Å²) in [5.41, 5.74) is 1.28. The zero-order chi connectivity index (χ0) is 9.68. The molecule has 0 bridgehead atoms. The van der Waals surface area contributed by atoms with E-state index >= 15 is 0 Å². The standard InChI is InChI=1S/C10H10O2S/c11-7-9-6-10(12)4-3-8(9)2-1-5-13/h1-4,6-7,12-13H,5H2. The van der Waals surface area contributed by atoms with Gasteiger partial charge in [0.1, 0.15) is 5.75 Å². The molecule has 1 aromatic rings. The lowest BCUT2D eigenvalue weighted by molar-refractivity contribution is 0.112. The van der Waals surface area contributed by atoms with Crippen molar-refractivity contribution in [2.24, 2.45) is 0 Å². The Labute approximate surface area is 82.3 Å². The zero-order valence-electron chi connectivity index (χ0n) is 6.97. The van der Waals surface area contributed by atoms with Crippen molar-refractivity contribution in [1.82, 2.24) is 0 Å². The first-order valence-corrected chi connectivity index (χ1v) is 4.46. The van der Waals surface area contributed by atoms with Crippen LogP contribution in [-0.4, -0.2) is 17.1 Å². The van der Waals surface area contributed by atoms with Crippen LogP contribution in [0.3, 0.4) is 0 Å². The highest BCUT2D eigenvalue weighted by Gasteiger charge is 1.98. The van der Waals surface area contributed by atoms with E-state index in [9.17, 15) is 4.79 Å². The molecule has 0 spiro atoms. The van der Waals surface area contributed by atoms with E-state index in [0.29, 0.717) is 11.3 Å². The number of phenolic OH excluding ortho intramolecular Hbond substituents is 1. The molecular formula is C10H10O2S. The highest BCUT2D eigenvalue weighted by Crippen LogP contribution is 2.16. The number of thiol groups is 1. The first-order valence-electron chi connectivity index (χ1n) is 3.83. The van der Waals surface area contributed by atoms with Gasteiger partial charge in [0.25, 0.3) is 0 Å². The van der Waals surface area contributed by atoms with Gasteiger partial charge >= 0.3 is 0 Å². The second-order valence-corrected chi connectivity index (χ2v) is 2.88. The van der Waals surface area contributed by atoms with E-state index in [-0.39, 0.29) is 5.75 Å². The second-order valence-electron chi connectivity index (χ2n) is 2.52. The fourth-order valence-electron chi connectivity index (χ4n) is 0.996. The third-order valence-corrected chi connectivity index (χ3v) is 1.81. The average Bonchev–Trinajstić information content (AvgIpc) is 2.16. The lowest BCUT2D eigenvalue weighted by Crippen LogP contribution is -1.85. The van der Waals surface area contributed by atoms with E-state index in [1.807, 2.05) is 6.08 Å². The summed E-state index contributed by atoms with van der Waals surface area (Å²) in [6.45, 7) is 0. The van der Waals surface area contributed by atoms with Crippen LogP contribution >= 0.6 is 12.6 Å². The molecule has 0 unspecified atom stereocenters. The molecule has 13 heavy (non-hydrogen) atoms. The molecule has 1 rings (SSSR count). The van der Waals surface area contributed by atoms with Gasteiger partial charge in [-0.1, -0.05) is 18.2 Å². The minimum atomic E-state index is 0.102. The van der Waals surface area contributed by atoms with Gasteiger partial charge < -0.3 is 5.11 Å². The Morgan fingerprint density at radius 1 is 1.38 bits per heavy atom. The van der Waals surface area contributed by atoms with Crippen LogP contribution in [-0.2, 0) is 0 Å².